The van der Waals surface area contributed by atoms with Crippen LogP contribution >= 0.6 is 11.3 Å². The van der Waals surface area contributed by atoms with E-state index in [2.05, 4.69) is 10.1 Å². The van der Waals surface area contributed by atoms with Crippen LogP contribution in [-0.4, -0.2) is 25.5 Å². The number of furan rings is 1. The summed E-state index contributed by atoms with van der Waals surface area (Å²) in [5.74, 6) is 0.743. The Kier molecular flexibility index (Phi) is 5.22. The first-order valence-electron chi connectivity index (χ1n) is 9.93. The minimum absolute atomic E-state index is 0.0757. The topological polar surface area (TPSA) is 130 Å². The van der Waals surface area contributed by atoms with Crippen LogP contribution in [0.5, 0.6) is 5.75 Å². The molecule has 0 fully saturated rings. The van der Waals surface area contributed by atoms with E-state index in [1.54, 1.807) is 54.6 Å². The second-order valence-electron chi connectivity index (χ2n) is 7.11. The molecule has 0 aliphatic heterocycles. The number of benzene rings is 2. The van der Waals surface area contributed by atoms with Crippen molar-refractivity contribution in [1.82, 2.24) is 14.6 Å². The van der Waals surface area contributed by atoms with Gasteiger partial charge in [0.25, 0.3) is 11.2 Å². The molecule has 10 nitrogen and oxygen atoms in total. The highest BCUT2D eigenvalue weighted by Crippen LogP contribution is 2.31. The van der Waals surface area contributed by atoms with Crippen LogP contribution in [0.25, 0.3) is 33.7 Å². The molecule has 0 atom stereocenters. The van der Waals surface area contributed by atoms with Crippen molar-refractivity contribution in [3.63, 3.8) is 0 Å². The van der Waals surface area contributed by atoms with Crippen molar-refractivity contribution in [1.29, 1.82) is 0 Å². The van der Waals surface area contributed by atoms with Crippen molar-refractivity contribution >= 4 is 34.0 Å². The number of carbonyl (C=O) groups excluding carboxylic acids is 1. The molecule has 0 unspecified atom stereocenters. The average molecular weight is 474 g/mol. The van der Waals surface area contributed by atoms with Gasteiger partial charge in [0.2, 0.25) is 4.96 Å². The largest absolute Gasteiger partial charge is 0.456 e. The molecule has 2 aromatic carbocycles. The number of aromatic nitrogens is 3. The van der Waals surface area contributed by atoms with E-state index in [0.29, 0.717) is 37.9 Å². The normalized spacial score (nSPS) is 11.7. The molecule has 0 N–H and O–H groups in total. The molecule has 34 heavy (non-hydrogen) atoms. The lowest BCUT2D eigenvalue weighted by Crippen LogP contribution is -2.23. The summed E-state index contributed by atoms with van der Waals surface area (Å²) in [6.45, 7) is 1.30. The van der Waals surface area contributed by atoms with Gasteiger partial charge in [0, 0.05) is 19.1 Å². The number of nitrogens with zero attached hydrogens (tertiary/aromatic N) is 4. The molecule has 0 spiro atoms. The van der Waals surface area contributed by atoms with Gasteiger partial charge < -0.3 is 9.15 Å². The zero-order valence-electron chi connectivity index (χ0n) is 17.5. The molecule has 0 saturated carbocycles. The van der Waals surface area contributed by atoms with Gasteiger partial charge >= 0.3 is 5.97 Å². The molecule has 5 aromatic rings. The number of para-hydroxylation sites is 2. The fourth-order valence-electron chi connectivity index (χ4n) is 3.39. The van der Waals surface area contributed by atoms with Gasteiger partial charge in [-0.3, -0.25) is 19.7 Å². The van der Waals surface area contributed by atoms with Crippen molar-refractivity contribution in [3.05, 3.63) is 91.4 Å². The highest BCUT2D eigenvalue weighted by atomic mass is 32.1. The predicted octanol–water partition coefficient (Wildman–Crippen LogP) is 3.46. The van der Waals surface area contributed by atoms with Gasteiger partial charge in [0.1, 0.15) is 21.8 Å². The van der Waals surface area contributed by atoms with E-state index < -0.39 is 16.5 Å². The molecule has 3 heterocycles. The van der Waals surface area contributed by atoms with Crippen LogP contribution in [0.1, 0.15) is 12.7 Å². The van der Waals surface area contributed by atoms with Crippen LogP contribution in [0.4, 0.5) is 5.69 Å². The maximum Gasteiger partial charge on any atom is 0.308 e. The van der Waals surface area contributed by atoms with Crippen molar-refractivity contribution in [2.24, 2.45) is 0 Å². The van der Waals surface area contributed by atoms with E-state index in [-0.39, 0.29) is 11.5 Å². The Morgan fingerprint density at radius 1 is 1.12 bits per heavy atom. The SMILES string of the molecule is CC(=O)Oc1ccccc1-c1nc2s/c(=C\c3ccc(-c4ccccc4[N+](=O)[O-])o3)c(=O)n2n1. The van der Waals surface area contributed by atoms with Crippen LogP contribution in [-0.2, 0) is 4.79 Å². The van der Waals surface area contributed by atoms with Crippen molar-refractivity contribution in [3.8, 4) is 28.5 Å². The summed E-state index contributed by atoms with van der Waals surface area (Å²) in [5.41, 5.74) is 0.354. The minimum atomic E-state index is -0.478. The van der Waals surface area contributed by atoms with Crippen molar-refractivity contribution in [2.75, 3.05) is 0 Å². The number of nitro groups is 1. The number of nitro benzene ring substituents is 1. The summed E-state index contributed by atoms with van der Waals surface area (Å²) >= 11 is 1.11. The number of hydrogen-bond donors (Lipinski definition) is 0. The number of rotatable bonds is 5. The van der Waals surface area contributed by atoms with E-state index in [4.69, 9.17) is 9.15 Å². The van der Waals surface area contributed by atoms with Gasteiger partial charge in [-0.05, 0) is 30.3 Å². The third-order valence-electron chi connectivity index (χ3n) is 4.83. The van der Waals surface area contributed by atoms with E-state index in [1.165, 1.54) is 23.6 Å². The summed E-state index contributed by atoms with van der Waals surface area (Å²) in [6.07, 6.45) is 1.54. The Morgan fingerprint density at radius 2 is 1.85 bits per heavy atom. The smallest absolute Gasteiger partial charge is 0.308 e. The standard InChI is InChI=1S/C23H14N4O6S/c1-13(28)32-18-9-5-3-7-16(18)21-24-23-26(25-21)22(29)20(34-23)12-14-10-11-19(33-14)15-6-2-4-8-17(15)27(30)31/h2-12H,1H3/b20-12-. The summed E-state index contributed by atoms with van der Waals surface area (Å²) in [7, 11) is 0. The molecule has 0 aliphatic carbocycles. The molecule has 11 heteroatoms. The van der Waals surface area contributed by atoms with E-state index in [9.17, 15) is 19.7 Å². The molecule has 0 bridgehead atoms. The molecule has 0 saturated heterocycles. The fraction of sp³-hybridized carbons (Fsp3) is 0.0435. The zero-order valence-corrected chi connectivity index (χ0v) is 18.3. The first kappa shape index (κ1) is 21.2. The molecule has 5 rings (SSSR count). The van der Waals surface area contributed by atoms with Crippen LogP contribution in [0.3, 0.4) is 0 Å². The van der Waals surface area contributed by atoms with Gasteiger partial charge in [-0.2, -0.15) is 9.50 Å². The predicted molar refractivity (Wildman–Crippen MR) is 123 cm³/mol. The lowest BCUT2D eigenvalue weighted by molar-refractivity contribution is -0.384. The van der Waals surface area contributed by atoms with E-state index in [1.807, 2.05) is 0 Å². The average Bonchev–Trinajstić information content (AvgIpc) is 3.51. The van der Waals surface area contributed by atoms with Crippen molar-refractivity contribution < 1.29 is 18.9 Å². The Morgan fingerprint density at radius 3 is 2.59 bits per heavy atom. The molecular weight excluding hydrogens is 460 g/mol. The maximum atomic E-state index is 12.9. The maximum absolute atomic E-state index is 12.9. The lowest BCUT2D eigenvalue weighted by atomic mass is 10.1. The lowest BCUT2D eigenvalue weighted by Gasteiger charge is -2.04. The summed E-state index contributed by atoms with van der Waals surface area (Å²) in [4.78, 5) is 39.8. The van der Waals surface area contributed by atoms with Gasteiger partial charge in [-0.15, -0.1) is 5.10 Å². The number of carbonyl (C=O) groups is 1. The monoisotopic (exact) mass is 474 g/mol. The minimum Gasteiger partial charge on any atom is -0.456 e. The van der Waals surface area contributed by atoms with Crippen LogP contribution in [0, 0.1) is 10.1 Å². The Bertz CT molecular complexity index is 1680. The third-order valence-corrected chi connectivity index (χ3v) is 5.79. The highest BCUT2D eigenvalue weighted by Gasteiger charge is 2.18. The van der Waals surface area contributed by atoms with E-state index in [0.717, 1.165) is 11.3 Å². The fourth-order valence-corrected chi connectivity index (χ4v) is 4.28. The highest BCUT2D eigenvalue weighted by molar-refractivity contribution is 7.15. The van der Waals surface area contributed by atoms with Crippen LogP contribution < -0.4 is 14.8 Å². The summed E-state index contributed by atoms with van der Waals surface area (Å²) in [5, 5.41) is 15.6. The van der Waals surface area contributed by atoms with Gasteiger partial charge in [0.05, 0.1) is 16.1 Å². The number of hydrogen-bond acceptors (Lipinski definition) is 9. The zero-order chi connectivity index (χ0) is 23.8. The number of ether oxygens (including phenoxy) is 1. The first-order valence-corrected chi connectivity index (χ1v) is 10.7. The molecule has 3 aromatic heterocycles. The summed E-state index contributed by atoms with van der Waals surface area (Å²) in [6, 6.07) is 16.3. The van der Waals surface area contributed by atoms with Gasteiger partial charge in [-0.25, -0.2) is 0 Å². The first-order chi connectivity index (χ1) is 16.4. The third kappa shape index (κ3) is 3.84. The summed E-state index contributed by atoms with van der Waals surface area (Å²) < 4.78 is 12.5. The number of thiazole rings is 1. The van der Waals surface area contributed by atoms with Crippen LogP contribution in [0.2, 0.25) is 0 Å². The quantitative estimate of drug-likeness (QED) is 0.164. The second kappa shape index (κ2) is 8.37. The molecule has 0 radical (unpaired) electrons. The second-order valence-corrected chi connectivity index (χ2v) is 8.12. The molecule has 0 aliphatic rings. The van der Waals surface area contributed by atoms with Crippen molar-refractivity contribution in [2.45, 2.75) is 6.92 Å². The van der Waals surface area contributed by atoms with Gasteiger partial charge in [-0.1, -0.05) is 35.6 Å². The molecule has 168 valence electrons. The van der Waals surface area contributed by atoms with Crippen LogP contribution in [0.15, 0.2) is 69.9 Å². The Balaban J connectivity index is 1.52. The Labute approximate surface area is 194 Å². The number of esters is 1. The van der Waals surface area contributed by atoms with Gasteiger partial charge in [0.15, 0.2) is 5.82 Å². The molecule has 0 amide bonds. The molecular formula is C23H14N4O6S. The Hall–Kier alpha value is -4.64. The number of fused-ring (bicyclic) bond motifs is 1. The van der Waals surface area contributed by atoms with E-state index >= 15 is 0 Å².